The summed E-state index contributed by atoms with van der Waals surface area (Å²) < 4.78 is 6.70. The fourth-order valence-corrected chi connectivity index (χ4v) is 4.64. The van der Waals surface area contributed by atoms with Crippen molar-refractivity contribution in [3.8, 4) is 0 Å². The maximum Gasteiger partial charge on any atom is 0.335 e. The first-order chi connectivity index (χ1) is 24.6. The van der Waals surface area contributed by atoms with E-state index in [-0.39, 0.29) is 40.9 Å². The molecule has 3 heterocycles. The number of benzene rings is 1. The number of carboxylic acid groups (broad SMARTS) is 1. The summed E-state index contributed by atoms with van der Waals surface area (Å²) in [6, 6.07) is 5.97. The molecule has 1 aromatic carbocycles. The molecule has 1 fully saturated rings. The van der Waals surface area contributed by atoms with Gasteiger partial charge in [0.25, 0.3) is 5.56 Å². The van der Waals surface area contributed by atoms with Crippen molar-refractivity contribution in [1.82, 2.24) is 34.2 Å². The van der Waals surface area contributed by atoms with Crippen LogP contribution in [0.25, 0.3) is 11.2 Å². The molecule has 1 amide bonds. The van der Waals surface area contributed by atoms with Gasteiger partial charge in [-0.05, 0) is 87.3 Å². The number of aromatic amines is 1. The third kappa shape index (κ3) is 20.2. The summed E-state index contributed by atoms with van der Waals surface area (Å²) in [5, 5.41) is 65.8. The van der Waals surface area contributed by atoms with E-state index >= 15 is 0 Å². The Hall–Kier alpha value is -3.89. The van der Waals surface area contributed by atoms with Crippen molar-refractivity contribution >= 4 is 28.7 Å². The van der Waals surface area contributed by atoms with Crippen molar-refractivity contribution < 1.29 is 50.1 Å². The first-order valence-electron chi connectivity index (χ1n) is 16.7. The van der Waals surface area contributed by atoms with Gasteiger partial charge in [-0.1, -0.05) is 0 Å². The lowest BCUT2D eigenvalue weighted by molar-refractivity contribution is -0.114. The quantitative estimate of drug-likeness (QED) is 0.118. The first-order valence-corrected chi connectivity index (χ1v) is 16.7. The molecule has 4 rings (SSSR count). The van der Waals surface area contributed by atoms with Gasteiger partial charge in [-0.2, -0.15) is 0 Å². The molecule has 0 saturated carbocycles. The molecule has 1 saturated heterocycles. The largest absolute Gasteiger partial charge is 0.478 e. The number of hydrogen-bond donors (Lipinski definition) is 9. The predicted octanol–water partition coefficient (Wildman–Crippen LogP) is -1.14. The standard InChI is InChI=1S/C10H12N4O5.C9H9NO3.3C5H13NO/c15-1-4-6(16)7(17)10(19-4)14-3-13-5-8(14)11-2-12-9(5)18;1-6(11)10-8-4-2-7(3-5-8)9(12)13;3*1-5(7)4-6(2)3/h2-4,6-7,10,15-17H,1H2,(H,11,12,18);2-5H,1H3,(H,10,11)(H,12,13);3*5,7H,4H2,1-3H3/t4-,6-,7-,10-;;;;/m1..../s1. The Labute approximate surface area is 310 Å². The number of carbonyl (C=O) groups is 2. The topological polar surface area (TPSA) is 270 Å². The highest BCUT2D eigenvalue weighted by molar-refractivity contribution is 5.91. The predicted molar refractivity (Wildman–Crippen MR) is 200 cm³/mol. The van der Waals surface area contributed by atoms with E-state index in [1.54, 1.807) is 32.9 Å². The smallest absolute Gasteiger partial charge is 0.335 e. The van der Waals surface area contributed by atoms with Gasteiger partial charge >= 0.3 is 5.97 Å². The van der Waals surface area contributed by atoms with Gasteiger partial charge in [0, 0.05) is 32.2 Å². The van der Waals surface area contributed by atoms with E-state index < -0.39 is 42.7 Å². The number of amides is 1. The number of likely N-dealkylation sites (N-methyl/N-ethyl adjacent to an activating group) is 3. The summed E-state index contributed by atoms with van der Waals surface area (Å²) in [5.74, 6) is -1.16. The van der Waals surface area contributed by atoms with Gasteiger partial charge in [-0.3, -0.25) is 14.2 Å². The Kier molecular flexibility index (Phi) is 23.3. The van der Waals surface area contributed by atoms with Crippen LogP contribution >= 0.6 is 0 Å². The summed E-state index contributed by atoms with van der Waals surface area (Å²) in [7, 11) is 11.6. The Balaban J connectivity index is 0.000000694. The fraction of sp³-hybridized carbons (Fsp3) is 0.618. The SMILES string of the molecule is CC(=O)Nc1ccc(C(=O)O)cc1.CC(O)CN(C)C.CC(O)CN(C)C.CC(O)CN(C)C.O=c1[nH]cnc2c1ncn2[C@@H]1O[C@H](CO)[C@@H](O)[C@H]1O. The van der Waals surface area contributed by atoms with Crippen LogP contribution in [0.3, 0.4) is 0 Å². The number of nitrogens with zero attached hydrogens (tertiary/aromatic N) is 6. The van der Waals surface area contributed by atoms with Crippen LogP contribution in [0, 0.1) is 0 Å². The molecular weight excluding hydrogens is 696 g/mol. The van der Waals surface area contributed by atoms with Crippen LogP contribution in [-0.2, 0) is 9.53 Å². The molecule has 3 aromatic rings. The number of aromatic nitrogens is 4. The zero-order valence-corrected chi connectivity index (χ0v) is 32.3. The van der Waals surface area contributed by atoms with E-state index in [1.165, 1.54) is 36.3 Å². The number of aliphatic hydroxyl groups excluding tert-OH is 6. The number of ether oxygens (including phenoxy) is 1. The number of nitrogens with one attached hydrogen (secondary N) is 2. The van der Waals surface area contributed by atoms with Crippen molar-refractivity contribution in [1.29, 1.82) is 0 Å². The monoisotopic (exact) mass is 756 g/mol. The lowest BCUT2D eigenvalue weighted by Crippen LogP contribution is -2.33. The second-order valence-corrected chi connectivity index (χ2v) is 13.2. The van der Waals surface area contributed by atoms with Gasteiger partial charge in [0.15, 0.2) is 17.4 Å². The summed E-state index contributed by atoms with van der Waals surface area (Å²) in [6.45, 7) is 8.56. The number of carbonyl (C=O) groups excluding carboxylic acids is 1. The van der Waals surface area contributed by atoms with Crippen LogP contribution in [0.5, 0.6) is 0 Å². The number of rotatable bonds is 10. The molecule has 53 heavy (non-hydrogen) atoms. The molecule has 0 spiro atoms. The molecule has 2 aromatic heterocycles. The van der Waals surface area contributed by atoms with Crippen LogP contribution in [0.1, 0.15) is 44.3 Å². The minimum absolute atomic E-state index is 0.111. The van der Waals surface area contributed by atoms with Crippen molar-refractivity contribution in [2.75, 3.05) is 73.8 Å². The Morgan fingerprint density at radius 3 is 1.68 bits per heavy atom. The van der Waals surface area contributed by atoms with E-state index in [9.17, 15) is 24.6 Å². The van der Waals surface area contributed by atoms with E-state index in [2.05, 4.69) is 20.3 Å². The average Bonchev–Trinajstić information content (AvgIpc) is 3.57. The molecule has 3 unspecified atom stereocenters. The van der Waals surface area contributed by atoms with Crippen LogP contribution in [-0.4, -0.2) is 187 Å². The highest BCUT2D eigenvalue weighted by Crippen LogP contribution is 2.30. The molecule has 7 atom stereocenters. The van der Waals surface area contributed by atoms with Crippen LogP contribution in [0.4, 0.5) is 5.69 Å². The normalized spacial score (nSPS) is 19.4. The molecule has 1 aliphatic heterocycles. The summed E-state index contributed by atoms with van der Waals surface area (Å²) >= 11 is 0. The summed E-state index contributed by atoms with van der Waals surface area (Å²) in [4.78, 5) is 48.7. The van der Waals surface area contributed by atoms with Gasteiger partial charge in [-0.15, -0.1) is 0 Å². The van der Waals surface area contributed by atoms with Crippen LogP contribution in [0.15, 0.2) is 41.7 Å². The third-order valence-electron chi connectivity index (χ3n) is 6.50. The van der Waals surface area contributed by atoms with Gasteiger partial charge in [0.05, 0.1) is 43.1 Å². The highest BCUT2D eigenvalue weighted by atomic mass is 16.6. The maximum atomic E-state index is 11.5. The summed E-state index contributed by atoms with van der Waals surface area (Å²) in [6.07, 6.45) is -2.38. The number of hydrogen-bond acceptors (Lipinski definition) is 15. The zero-order chi connectivity index (χ0) is 41.0. The molecule has 9 N–H and O–H groups in total. The molecule has 0 radical (unpaired) electrons. The number of fused-ring (bicyclic) bond motifs is 1. The number of aromatic carboxylic acids is 1. The number of carboxylic acids is 1. The Bertz CT molecular complexity index is 1460. The van der Waals surface area contributed by atoms with Crippen LogP contribution in [0.2, 0.25) is 0 Å². The van der Waals surface area contributed by atoms with Crippen LogP contribution < -0.4 is 10.9 Å². The molecule has 1 aliphatic rings. The van der Waals surface area contributed by atoms with Gasteiger partial charge in [0.1, 0.15) is 18.3 Å². The second kappa shape index (κ2) is 25.2. The van der Waals surface area contributed by atoms with E-state index in [4.69, 9.17) is 30.3 Å². The average molecular weight is 757 g/mol. The molecule has 0 aliphatic carbocycles. The van der Waals surface area contributed by atoms with Crippen molar-refractivity contribution in [3.63, 3.8) is 0 Å². The van der Waals surface area contributed by atoms with E-state index in [1.807, 2.05) is 57.0 Å². The first kappa shape index (κ1) is 49.1. The Morgan fingerprint density at radius 2 is 1.34 bits per heavy atom. The molecule has 302 valence electrons. The third-order valence-corrected chi connectivity index (χ3v) is 6.50. The van der Waals surface area contributed by atoms with Gasteiger partial charge in [0.2, 0.25) is 5.91 Å². The van der Waals surface area contributed by atoms with Crippen molar-refractivity contribution in [2.45, 2.75) is 70.5 Å². The van der Waals surface area contributed by atoms with E-state index in [0.717, 1.165) is 19.6 Å². The zero-order valence-electron chi connectivity index (χ0n) is 32.3. The molecular formula is C34H60N8O11. The summed E-state index contributed by atoms with van der Waals surface area (Å²) in [5.41, 5.74) is 0.737. The number of imidazole rings is 1. The fourth-order valence-electron chi connectivity index (χ4n) is 4.64. The number of H-pyrrole nitrogens is 1. The van der Waals surface area contributed by atoms with Gasteiger partial charge in [-0.25, -0.2) is 14.8 Å². The minimum atomic E-state index is -1.24. The number of aliphatic hydroxyl groups is 6. The Morgan fingerprint density at radius 1 is 0.868 bits per heavy atom. The van der Waals surface area contributed by atoms with Crippen molar-refractivity contribution in [3.05, 3.63) is 52.8 Å². The van der Waals surface area contributed by atoms with Crippen molar-refractivity contribution in [2.24, 2.45) is 0 Å². The molecule has 19 nitrogen and oxygen atoms in total. The lowest BCUT2D eigenvalue weighted by Gasteiger charge is -2.16. The van der Waals surface area contributed by atoms with E-state index in [0.29, 0.717) is 5.69 Å². The molecule has 0 bridgehead atoms. The van der Waals surface area contributed by atoms with Gasteiger partial charge < -0.3 is 65.5 Å². The maximum absolute atomic E-state index is 11.5. The highest BCUT2D eigenvalue weighted by Gasteiger charge is 2.44. The molecule has 19 heteroatoms. The lowest BCUT2D eigenvalue weighted by atomic mass is 10.1. The number of anilines is 1. The second-order valence-electron chi connectivity index (χ2n) is 13.2. The minimum Gasteiger partial charge on any atom is -0.478 e.